The average Bonchev–Trinajstić information content (AvgIpc) is 3.47. The Labute approximate surface area is 497 Å². The van der Waals surface area contributed by atoms with Gasteiger partial charge in [-0.1, -0.05) is 274 Å². The summed E-state index contributed by atoms with van der Waals surface area (Å²) in [5, 5.41) is 0. The van der Waals surface area contributed by atoms with Crippen LogP contribution in [0.15, 0.2) is 182 Å². The normalized spacial score (nSPS) is 13.4. The minimum atomic E-state index is -0.840. The number of allylic oxidation sites excluding steroid dienone is 29. The Morgan fingerprint density at radius 2 is 0.531 bits per heavy atom. The van der Waals surface area contributed by atoms with E-state index in [9.17, 15) is 14.4 Å². The fraction of sp³-hybridized carbons (Fsp3) is 0.560. The van der Waals surface area contributed by atoms with Crippen molar-refractivity contribution in [3.8, 4) is 0 Å². The zero-order valence-corrected chi connectivity index (χ0v) is 51.7. The van der Waals surface area contributed by atoms with Gasteiger partial charge < -0.3 is 14.2 Å². The van der Waals surface area contributed by atoms with E-state index in [0.717, 1.165) is 154 Å². The molecule has 81 heavy (non-hydrogen) atoms. The van der Waals surface area contributed by atoms with Crippen LogP contribution < -0.4 is 0 Å². The summed E-state index contributed by atoms with van der Waals surface area (Å²) in [7, 11) is 0. The maximum atomic E-state index is 12.9. The van der Waals surface area contributed by atoms with Crippen molar-refractivity contribution in [3.63, 3.8) is 0 Å². The van der Waals surface area contributed by atoms with Crippen molar-refractivity contribution in [2.75, 3.05) is 13.2 Å². The second kappa shape index (κ2) is 67.0. The van der Waals surface area contributed by atoms with E-state index in [0.29, 0.717) is 6.42 Å². The third-order valence-electron chi connectivity index (χ3n) is 12.9. The van der Waals surface area contributed by atoms with Gasteiger partial charge in [-0.2, -0.15) is 0 Å². The number of hydrogen-bond donors (Lipinski definition) is 0. The van der Waals surface area contributed by atoms with Crippen molar-refractivity contribution in [1.29, 1.82) is 0 Å². The van der Waals surface area contributed by atoms with E-state index in [2.05, 4.69) is 191 Å². The molecule has 0 radical (unpaired) electrons. The van der Waals surface area contributed by atoms with Crippen LogP contribution >= 0.6 is 0 Å². The van der Waals surface area contributed by atoms with Crippen molar-refractivity contribution in [2.45, 2.75) is 258 Å². The molecule has 1 atom stereocenters. The molecule has 6 heteroatoms. The van der Waals surface area contributed by atoms with Crippen LogP contribution in [0.4, 0.5) is 0 Å². The SMILES string of the molecule is CC/C=C\C/C=C\C/C=C\C/C=C\C/C=C\C/C=C\C/C=C\C/C=C\CCCCCCCCC(=O)OCC(COC(=O)C/C=C\C/C=C\C/C=C\C/C=C\C/C=C\CC)OC(=O)CCCCCCCCC/C=C\C/C=C\CCCCC. The second-order valence-electron chi connectivity index (χ2n) is 20.6. The molecule has 0 spiro atoms. The molecule has 0 aromatic carbocycles. The fourth-order valence-electron chi connectivity index (χ4n) is 8.15. The summed E-state index contributed by atoms with van der Waals surface area (Å²) < 4.78 is 16.8. The van der Waals surface area contributed by atoms with Crippen LogP contribution in [0, 0.1) is 0 Å². The van der Waals surface area contributed by atoms with Crippen molar-refractivity contribution in [3.05, 3.63) is 182 Å². The third-order valence-corrected chi connectivity index (χ3v) is 12.9. The minimum Gasteiger partial charge on any atom is -0.462 e. The van der Waals surface area contributed by atoms with E-state index in [1.54, 1.807) is 6.08 Å². The first kappa shape index (κ1) is 75.5. The highest BCUT2D eigenvalue weighted by Gasteiger charge is 2.19. The van der Waals surface area contributed by atoms with Crippen LogP contribution in [0.1, 0.15) is 252 Å². The molecular formula is C75H116O6. The van der Waals surface area contributed by atoms with Gasteiger partial charge in [0.05, 0.1) is 6.42 Å². The van der Waals surface area contributed by atoms with Crippen LogP contribution in [-0.4, -0.2) is 37.2 Å². The highest BCUT2D eigenvalue weighted by molar-refractivity contribution is 5.72. The topological polar surface area (TPSA) is 78.9 Å². The minimum absolute atomic E-state index is 0.114. The quantitative estimate of drug-likeness (QED) is 0.0261. The average molecular weight is 1110 g/mol. The summed E-state index contributed by atoms with van der Waals surface area (Å²) in [4.78, 5) is 38.2. The van der Waals surface area contributed by atoms with Gasteiger partial charge >= 0.3 is 17.9 Å². The lowest BCUT2D eigenvalue weighted by atomic mass is 10.1. The fourth-order valence-corrected chi connectivity index (χ4v) is 8.15. The van der Waals surface area contributed by atoms with Gasteiger partial charge in [0.1, 0.15) is 13.2 Å². The first-order chi connectivity index (χ1) is 40.0. The summed E-state index contributed by atoms with van der Waals surface area (Å²) >= 11 is 0. The van der Waals surface area contributed by atoms with Gasteiger partial charge in [-0.05, 0) is 141 Å². The molecule has 0 fully saturated rings. The van der Waals surface area contributed by atoms with Crippen molar-refractivity contribution in [2.24, 2.45) is 0 Å². The van der Waals surface area contributed by atoms with E-state index in [1.165, 1.54) is 57.8 Å². The third kappa shape index (κ3) is 65.2. The lowest BCUT2D eigenvalue weighted by Crippen LogP contribution is -2.30. The van der Waals surface area contributed by atoms with E-state index in [-0.39, 0.29) is 38.0 Å². The van der Waals surface area contributed by atoms with Gasteiger partial charge in [-0.25, -0.2) is 0 Å². The van der Waals surface area contributed by atoms with Crippen molar-refractivity contribution in [1.82, 2.24) is 0 Å². The summed E-state index contributed by atoms with van der Waals surface area (Å²) in [6.07, 6.45) is 101. The lowest BCUT2D eigenvalue weighted by molar-refractivity contribution is -0.166. The molecule has 6 nitrogen and oxygen atoms in total. The maximum Gasteiger partial charge on any atom is 0.309 e. The van der Waals surface area contributed by atoms with Gasteiger partial charge in [0, 0.05) is 12.8 Å². The number of rotatable bonds is 56. The Kier molecular flexibility index (Phi) is 62.5. The summed E-state index contributed by atoms with van der Waals surface area (Å²) in [5.74, 6) is -1.09. The molecule has 0 saturated heterocycles. The molecule has 0 aliphatic heterocycles. The predicted octanol–water partition coefficient (Wildman–Crippen LogP) is 22.4. The molecule has 0 rings (SSSR count). The van der Waals surface area contributed by atoms with Gasteiger partial charge in [-0.3, -0.25) is 14.4 Å². The summed E-state index contributed by atoms with van der Waals surface area (Å²) in [6, 6.07) is 0. The molecule has 0 aromatic rings. The predicted molar refractivity (Wildman–Crippen MR) is 352 cm³/mol. The van der Waals surface area contributed by atoms with Gasteiger partial charge in [0.15, 0.2) is 6.10 Å². The Morgan fingerprint density at radius 3 is 0.864 bits per heavy atom. The van der Waals surface area contributed by atoms with E-state index >= 15 is 0 Å². The number of hydrogen-bond acceptors (Lipinski definition) is 6. The lowest BCUT2D eigenvalue weighted by Gasteiger charge is -2.18. The zero-order valence-electron chi connectivity index (χ0n) is 51.7. The highest BCUT2D eigenvalue weighted by atomic mass is 16.6. The Balaban J connectivity index is 4.46. The first-order valence-corrected chi connectivity index (χ1v) is 32.3. The Hall–Kier alpha value is -5.49. The van der Waals surface area contributed by atoms with Crippen molar-refractivity contribution < 1.29 is 28.6 Å². The summed E-state index contributed by atoms with van der Waals surface area (Å²) in [5.41, 5.74) is 0. The largest absolute Gasteiger partial charge is 0.462 e. The summed E-state index contributed by atoms with van der Waals surface area (Å²) in [6.45, 7) is 6.27. The monoisotopic (exact) mass is 1110 g/mol. The van der Waals surface area contributed by atoms with Crippen LogP contribution in [-0.2, 0) is 28.6 Å². The number of carbonyl (C=O) groups excluding carboxylic acids is 3. The number of carbonyl (C=O) groups is 3. The number of ether oxygens (including phenoxy) is 3. The first-order valence-electron chi connectivity index (χ1n) is 32.3. The molecule has 0 aliphatic carbocycles. The molecule has 0 aromatic heterocycles. The standard InChI is InChI=1S/C75H116O6/c1-4-7-10-13-16-19-22-25-28-30-31-32-33-34-35-36-37-38-39-40-41-42-43-45-47-50-53-56-59-62-65-68-74(77)80-71-72(70-79-73(76)67-64-61-58-55-52-49-46-27-24-21-18-15-12-9-6-3)81-75(78)69-66-63-60-57-54-51-48-44-29-26-23-20-17-14-11-8-5-2/h7,9-10,12,16-21,25-29,31-32,34-35,37-38,40-41,43,45-46,52,55,61,64,72H,4-6,8,11,13-15,22-24,30,33,36,39,42,44,47-51,53-54,56-60,62-63,65-71H2,1-3H3/b10-7-,12-9-,19-16-,20-17-,21-18-,28-25-,29-26-,32-31-,35-34-,38-37-,41-40-,45-43-,46-27-,55-52-,64-61-. The molecule has 0 aliphatic rings. The molecule has 0 heterocycles. The number of unbranched alkanes of at least 4 members (excludes halogenated alkanes) is 16. The van der Waals surface area contributed by atoms with Crippen LogP contribution in [0.2, 0.25) is 0 Å². The number of esters is 3. The molecule has 452 valence electrons. The molecule has 1 unspecified atom stereocenters. The molecule has 0 saturated carbocycles. The second-order valence-corrected chi connectivity index (χ2v) is 20.6. The van der Waals surface area contributed by atoms with E-state index in [4.69, 9.17) is 14.2 Å². The van der Waals surface area contributed by atoms with Gasteiger partial charge in [-0.15, -0.1) is 0 Å². The molecule has 0 N–H and O–H groups in total. The van der Waals surface area contributed by atoms with Crippen LogP contribution in [0.5, 0.6) is 0 Å². The van der Waals surface area contributed by atoms with Crippen LogP contribution in [0.3, 0.4) is 0 Å². The highest BCUT2D eigenvalue weighted by Crippen LogP contribution is 2.14. The van der Waals surface area contributed by atoms with Gasteiger partial charge in [0.25, 0.3) is 0 Å². The maximum absolute atomic E-state index is 12.9. The Morgan fingerprint density at radius 1 is 0.272 bits per heavy atom. The van der Waals surface area contributed by atoms with E-state index in [1.807, 2.05) is 6.08 Å². The zero-order chi connectivity index (χ0) is 58.5. The van der Waals surface area contributed by atoms with Crippen molar-refractivity contribution >= 4 is 17.9 Å². The van der Waals surface area contributed by atoms with Gasteiger partial charge in [0.2, 0.25) is 0 Å². The smallest absolute Gasteiger partial charge is 0.309 e. The molecule has 0 bridgehead atoms. The Bertz CT molecular complexity index is 1900. The van der Waals surface area contributed by atoms with Crippen LogP contribution in [0.25, 0.3) is 0 Å². The van der Waals surface area contributed by atoms with E-state index < -0.39 is 12.1 Å². The molecule has 0 amide bonds. The molecular weight excluding hydrogens is 997 g/mol.